The number of nitrogens with zero attached hydrogens (tertiary/aromatic N) is 5. The van der Waals surface area contributed by atoms with Crippen LogP contribution in [0.2, 0.25) is 0 Å². The molecule has 0 fully saturated rings. The number of hydrogen-bond donors (Lipinski definition) is 3. The van der Waals surface area contributed by atoms with E-state index in [1.807, 2.05) is 36.4 Å². The van der Waals surface area contributed by atoms with Crippen molar-refractivity contribution < 1.29 is 35.9 Å². The molecule has 0 bridgehead atoms. The van der Waals surface area contributed by atoms with Crippen LogP contribution in [-0.4, -0.2) is 63.1 Å². The molecule has 4 N–H and O–H groups in total. The molecule has 2 aliphatic carbocycles. The third-order valence-corrected chi connectivity index (χ3v) is 11.8. The number of rotatable bonds is 11. The summed E-state index contributed by atoms with van der Waals surface area (Å²) in [4.78, 5) is 43.3. The van der Waals surface area contributed by atoms with Crippen molar-refractivity contribution in [2.45, 2.75) is 50.0 Å². The van der Waals surface area contributed by atoms with Crippen molar-refractivity contribution in [2.24, 2.45) is 10.1 Å². The van der Waals surface area contributed by atoms with Crippen LogP contribution < -0.4 is 24.7 Å². The summed E-state index contributed by atoms with van der Waals surface area (Å²) in [6.07, 6.45) is 16.9. The molecule has 4 aromatic heterocycles. The van der Waals surface area contributed by atoms with Gasteiger partial charge in [-0.2, -0.15) is 4.99 Å². The molecule has 62 heavy (non-hydrogen) atoms. The van der Waals surface area contributed by atoms with Crippen LogP contribution in [0.25, 0.3) is 22.3 Å². The number of sulfonamides is 2. The highest BCUT2D eigenvalue weighted by Crippen LogP contribution is 2.40. The van der Waals surface area contributed by atoms with E-state index < -0.39 is 26.1 Å². The second kappa shape index (κ2) is 20.6. The predicted molar refractivity (Wildman–Crippen MR) is 234 cm³/mol. The van der Waals surface area contributed by atoms with Crippen molar-refractivity contribution in [3.8, 4) is 34.0 Å². The fraction of sp³-hybridized carbons (Fsp3) is 0.227. The number of aromatic nitrogens is 4. The lowest BCUT2D eigenvalue weighted by molar-refractivity contribution is 0.256. The number of anilines is 1. The number of nitrogens with one attached hydrogen (secondary N) is 2. The number of urea groups is 1. The Bertz CT molecular complexity index is 2810. The van der Waals surface area contributed by atoms with Crippen molar-refractivity contribution in [1.29, 1.82) is 0 Å². The summed E-state index contributed by atoms with van der Waals surface area (Å²) in [5.74, 6) is 0.507. The minimum atomic E-state index is -3.89. The smallest absolute Gasteiger partial charge is 0.332 e. The minimum Gasteiger partial charge on any atom is -0.481 e. The molecule has 0 atom stereocenters. The molecule has 2 amide bonds. The van der Waals surface area contributed by atoms with E-state index in [-0.39, 0.29) is 11.5 Å². The number of aryl methyl sites for hydroxylation is 2. The molecule has 2 aromatic carbocycles. The van der Waals surface area contributed by atoms with Gasteiger partial charge in [0.05, 0.1) is 37.1 Å². The van der Waals surface area contributed by atoms with Crippen LogP contribution in [0.1, 0.15) is 46.2 Å². The summed E-state index contributed by atoms with van der Waals surface area (Å²) < 4.78 is 58.5. The maximum absolute atomic E-state index is 12.7. The van der Waals surface area contributed by atoms with Crippen LogP contribution in [-0.2, 0) is 62.0 Å². The van der Waals surface area contributed by atoms with Crippen molar-refractivity contribution >= 4 is 43.5 Å². The Kier molecular flexibility index (Phi) is 14.9. The highest BCUT2D eigenvalue weighted by Gasteiger charge is 2.23. The first-order valence-corrected chi connectivity index (χ1v) is 22.7. The molecular formula is C44H44N8O8S2. The van der Waals surface area contributed by atoms with Gasteiger partial charge in [0.1, 0.15) is 0 Å². The summed E-state index contributed by atoms with van der Waals surface area (Å²) in [6.45, 7) is 0. The number of benzene rings is 2. The Morgan fingerprint density at radius 2 is 1.27 bits per heavy atom. The number of isocyanates is 1. The van der Waals surface area contributed by atoms with Crippen LogP contribution in [0.5, 0.6) is 11.8 Å². The van der Waals surface area contributed by atoms with Gasteiger partial charge >= 0.3 is 6.03 Å². The van der Waals surface area contributed by atoms with Gasteiger partial charge in [-0.15, -0.1) is 0 Å². The molecule has 0 spiro atoms. The number of ether oxygens (including phenoxy) is 2. The standard InChI is InChI=1S/C22H22N4O4S.C16H14N2O2.C6H8N2O2S/c1-30-20-12-17(9-11-24-20)19-8-7-16-5-2-6-18(16)21(19)25-22(27)26-31(28,29)14-15-4-3-10-23-13-15;1-20-15-9-12(7-8-17-15)14-6-5-11-3-2-4-13(11)16(14)18-10-19;7-11(9,10)5-6-2-1-3-8-4-6/h3-4,7-13H,2,5-6,14H2,1H3,(H2,25,26,27);5-9H,2-4H2,1H3;1-4H,5H2,(H2,7,9,10). The molecule has 0 unspecified atom stereocenters. The largest absolute Gasteiger partial charge is 0.481 e. The summed E-state index contributed by atoms with van der Waals surface area (Å²) in [5, 5.41) is 7.59. The Hall–Kier alpha value is -6.85. The topological polar surface area (TPSA) is 235 Å². The molecule has 0 aliphatic heterocycles. The lowest BCUT2D eigenvalue weighted by Gasteiger charge is -2.17. The second-order valence-corrected chi connectivity index (χ2v) is 17.5. The highest BCUT2D eigenvalue weighted by molar-refractivity contribution is 7.89. The Labute approximate surface area is 359 Å². The van der Waals surface area contributed by atoms with Gasteiger partial charge in [-0.3, -0.25) is 9.97 Å². The number of nitrogens with two attached hydrogens (primary N) is 1. The van der Waals surface area contributed by atoms with Crippen molar-refractivity contribution in [1.82, 2.24) is 24.7 Å². The molecule has 8 rings (SSSR count). The number of carbonyl (C=O) groups excluding carboxylic acids is 2. The van der Waals surface area contributed by atoms with E-state index in [0.717, 1.165) is 77.6 Å². The molecule has 0 saturated carbocycles. The van der Waals surface area contributed by atoms with Gasteiger partial charge in [-0.1, -0.05) is 36.4 Å². The summed E-state index contributed by atoms with van der Waals surface area (Å²) >= 11 is 0. The summed E-state index contributed by atoms with van der Waals surface area (Å²) in [5.41, 5.74) is 10.5. The van der Waals surface area contributed by atoms with Crippen LogP contribution in [0.15, 0.2) is 115 Å². The first kappa shape index (κ1) is 44.7. The van der Waals surface area contributed by atoms with Gasteiger partial charge in [-0.25, -0.2) is 46.3 Å². The van der Waals surface area contributed by atoms with Gasteiger partial charge in [0.15, 0.2) is 0 Å². The molecular weight excluding hydrogens is 833 g/mol. The van der Waals surface area contributed by atoms with E-state index in [1.54, 1.807) is 68.3 Å². The molecule has 18 heteroatoms. The van der Waals surface area contributed by atoms with E-state index in [1.165, 1.54) is 30.6 Å². The molecule has 16 nitrogen and oxygen atoms in total. The van der Waals surface area contributed by atoms with Crippen LogP contribution in [0.3, 0.4) is 0 Å². The van der Waals surface area contributed by atoms with Crippen LogP contribution in [0.4, 0.5) is 16.2 Å². The fourth-order valence-corrected chi connectivity index (χ4v) is 8.87. The summed E-state index contributed by atoms with van der Waals surface area (Å²) in [6, 6.07) is 21.3. The molecule has 4 heterocycles. The lowest BCUT2D eigenvalue weighted by Crippen LogP contribution is -2.35. The Morgan fingerprint density at radius 1 is 0.726 bits per heavy atom. The zero-order valence-corrected chi connectivity index (χ0v) is 35.6. The maximum atomic E-state index is 12.7. The van der Waals surface area contributed by atoms with E-state index >= 15 is 0 Å². The Balaban J connectivity index is 0.000000176. The third kappa shape index (κ3) is 12.1. The number of primary sulfonamides is 1. The van der Waals surface area contributed by atoms with Gasteiger partial charge in [-0.05, 0) is 107 Å². The number of carbonyl (C=O) groups is 1. The lowest BCUT2D eigenvalue weighted by atomic mass is 9.98. The highest BCUT2D eigenvalue weighted by atomic mass is 32.2. The number of pyridine rings is 4. The number of methoxy groups -OCH3 is 2. The van der Waals surface area contributed by atoms with E-state index in [4.69, 9.17) is 14.6 Å². The average Bonchev–Trinajstić information content (AvgIpc) is 3.95. The monoisotopic (exact) mass is 876 g/mol. The quantitative estimate of drug-likeness (QED) is 0.0951. The van der Waals surface area contributed by atoms with Gasteiger partial charge in [0.25, 0.3) is 0 Å². The van der Waals surface area contributed by atoms with Gasteiger partial charge in [0.2, 0.25) is 37.9 Å². The molecule has 6 aromatic rings. The number of hydrogen-bond acceptors (Lipinski definition) is 13. The normalized spacial score (nSPS) is 12.5. The van der Waals surface area contributed by atoms with E-state index in [2.05, 4.69) is 41.0 Å². The van der Waals surface area contributed by atoms with E-state index in [0.29, 0.717) is 28.6 Å². The van der Waals surface area contributed by atoms with E-state index in [9.17, 15) is 26.4 Å². The predicted octanol–water partition coefficient (Wildman–Crippen LogP) is 6.38. The number of amides is 2. The summed E-state index contributed by atoms with van der Waals surface area (Å²) in [7, 11) is -4.19. The SMILES string of the molecule is COc1cc(-c2ccc3c(c2N=C=O)CCC3)ccn1.COc1cc(-c2ccc3c(c2NC(=O)NS(=O)(=O)Cc2cccnc2)CCC3)ccn1.NS(=O)(=O)Cc1cccnc1. The second-order valence-electron chi connectivity index (χ2n) is 14.2. The number of fused-ring (bicyclic) bond motifs is 2. The Morgan fingerprint density at radius 3 is 1.82 bits per heavy atom. The third-order valence-electron chi connectivity index (χ3n) is 9.86. The van der Waals surface area contributed by atoms with Crippen molar-refractivity contribution in [3.05, 3.63) is 143 Å². The van der Waals surface area contributed by atoms with Crippen LogP contribution in [0, 0.1) is 0 Å². The van der Waals surface area contributed by atoms with Crippen molar-refractivity contribution in [2.75, 3.05) is 19.5 Å². The molecule has 0 radical (unpaired) electrons. The fourth-order valence-electron chi connectivity index (χ4n) is 7.22. The zero-order valence-electron chi connectivity index (χ0n) is 33.9. The number of aliphatic imine (C=N–C) groups is 1. The zero-order chi connectivity index (χ0) is 44.1. The van der Waals surface area contributed by atoms with Gasteiger partial charge in [0, 0.05) is 60.4 Å². The average molecular weight is 877 g/mol. The first-order valence-electron chi connectivity index (χ1n) is 19.3. The molecule has 2 aliphatic rings. The molecule has 320 valence electrons. The first-order chi connectivity index (χ1) is 29.9. The van der Waals surface area contributed by atoms with Crippen LogP contribution >= 0.6 is 0 Å². The maximum Gasteiger partial charge on any atom is 0.332 e. The molecule has 0 saturated heterocycles. The van der Waals surface area contributed by atoms with Crippen molar-refractivity contribution in [3.63, 3.8) is 0 Å². The van der Waals surface area contributed by atoms with Gasteiger partial charge < -0.3 is 14.8 Å². The minimum absolute atomic E-state index is 0.152.